The molecule has 0 radical (unpaired) electrons. The fourth-order valence-corrected chi connectivity index (χ4v) is 11.8. The first-order valence-corrected chi connectivity index (χ1v) is 22.7. The number of hydrogen-bond donors (Lipinski definition) is 0. The number of halogens is 2. The van der Waals surface area contributed by atoms with Gasteiger partial charge in [0.1, 0.15) is 0 Å². The van der Waals surface area contributed by atoms with Gasteiger partial charge in [-0.25, -0.2) is 0 Å². The zero-order valence-corrected chi connectivity index (χ0v) is 23.4. The molecule has 0 bridgehead atoms. The van der Waals surface area contributed by atoms with Crippen molar-refractivity contribution in [3.05, 3.63) is 59.2 Å². The molecule has 159 valence electrons. The second kappa shape index (κ2) is 9.78. The molecule has 0 heterocycles. The molecule has 4 rings (SSSR count). The molecule has 0 spiro atoms. The summed E-state index contributed by atoms with van der Waals surface area (Å²) in [6, 6.07) is 16.1. The molecule has 1 saturated carbocycles. The van der Waals surface area contributed by atoms with Crippen molar-refractivity contribution in [3.63, 3.8) is 0 Å². The molecule has 1 fully saturated rings. The molecule has 2 aliphatic rings. The van der Waals surface area contributed by atoms with Gasteiger partial charge in [0.05, 0.1) is 0 Å². The van der Waals surface area contributed by atoms with Gasteiger partial charge in [0.15, 0.2) is 0 Å². The Morgan fingerprint density at radius 1 is 0.900 bits per heavy atom. The summed E-state index contributed by atoms with van der Waals surface area (Å²) in [6.07, 6.45) is 12.0. The zero-order valence-electron chi connectivity index (χ0n) is 18.5. The van der Waals surface area contributed by atoms with Crippen LogP contribution in [0.4, 0.5) is 0 Å². The Hall–Kier alpha value is -0.140. The van der Waals surface area contributed by atoms with Crippen LogP contribution in [0.1, 0.15) is 59.7 Å². The molecule has 1 unspecified atom stereocenters. The Morgan fingerprint density at radius 3 is 2.17 bits per heavy atom. The van der Waals surface area contributed by atoms with E-state index < -0.39 is 27.4 Å². The second-order valence-corrected chi connectivity index (χ2v) is 24.0. The molecule has 2 aromatic carbocycles. The summed E-state index contributed by atoms with van der Waals surface area (Å²) >= 11 is -2.48. The van der Waals surface area contributed by atoms with Crippen LogP contribution in [0.25, 0.3) is 17.2 Å². The molecule has 0 N–H and O–H groups in total. The van der Waals surface area contributed by atoms with Crippen molar-refractivity contribution in [1.82, 2.24) is 0 Å². The summed E-state index contributed by atoms with van der Waals surface area (Å²) in [5.74, 6) is 0.811. The molecular weight excluding hydrogens is 503 g/mol. The average Bonchev–Trinajstić information content (AvgIpc) is 2.87. The Balaban J connectivity index is 1.68. The third kappa shape index (κ3) is 5.09. The van der Waals surface area contributed by atoms with Crippen LogP contribution in [0.5, 0.6) is 0 Å². The van der Waals surface area contributed by atoms with Gasteiger partial charge in [-0.2, -0.15) is 0 Å². The van der Waals surface area contributed by atoms with Crippen molar-refractivity contribution in [2.24, 2.45) is 5.92 Å². The molecule has 1 atom stereocenters. The third-order valence-corrected chi connectivity index (χ3v) is 14.3. The van der Waals surface area contributed by atoms with Gasteiger partial charge in [0.2, 0.25) is 0 Å². The van der Waals surface area contributed by atoms with E-state index in [1.807, 2.05) is 0 Å². The summed E-state index contributed by atoms with van der Waals surface area (Å²) in [7, 11) is 12.2. The Morgan fingerprint density at radius 2 is 1.57 bits per heavy atom. The number of benzene rings is 2. The van der Waals surface area contributed by atoms with Gasteiger partial charge < -0.3 is 0 Å². The van der Waals surface area contributed by atoms with Gasteiger partial charge in [-0.15, -0.1) is 0 Å². The normalized spacial score (nSPS) is 19.9. The minimum absolute atomic E-state index is 0.329. The summed E-state index contributed by atoms with van der Waals surface area (Å²) in [5.41, 5.74) is 6.96. The molecule has 0 aromatic heterocycles. The monoisotopic (exact) mass is 533 g/mol. The Bertz CT molecular complexity index is 904. The van der Waals surface area contributed by atoms with Gasteiger partial charge >= 0.3 is 200 Å². The molecule has 0 nitrogen and oxygen atoms in total. The Labute approximate surface area is 198 Å². The van der Waals surface area contributed by atoms with Gasteiger partial charge in [-0.1, -0.05) is 0 Å². The number of hydrogen-bond acceptors (Lipinski definition) is 0. The maximum absolute atomic E-state index is 6.75. The van der Waals surface area contributed by atoms with Crippen LogP contribution in [-0.2, 0) is 19.4 Å². The molecule has 4 heteroatoms. The van der Waals surface area contributed by atoms with Gasteiger partial charge in [-0.05, 0) is 0 Å². The molecule has 0 aliphatic heterocycles. The van der Waals surface area contributed by atoms with E-state index in [4.69, 9.17) is 17.0 Å². The van der Waals surface area contributed by atoms with E-state index in [-0.39, 0.29) is 0 Å². The maximum atomic E-state index is 6.75. The predicted molar refractivity (Wildman–Crippen MR) is 133 cm³/mol. The number of rotatable bonds is 5. The van der Waals surface area contributed by atoms with E-state index >= 15 is 0 Å². The van der Waals surface area contributed by atoms with Crippen molar-refractivity contribution in [3.8, 4) is 11.1 Å². The molecule has 30 heavy (non-hydrogen) atoms. The zero-order chi connectivity index (χ0) is 21.3. The standard InChI is InChI=1S/C26H33Si.2ClH.Zr/c1-27(2,3)24-15-13-22(14-16-24)25-12-8-11-23-18-21(19-26(23)25)17-20-9-6-4-5-7-10-20;;;/h8,11-16,18-20H,4-7,9-10,17H2,1-3H3;2*1H;/q;;;+2/p-2. The van der Waals surface area contributed by atoms with E-state index in [0.29, 0.717) is 3.63 Å². The van der Waals surface area contributed by atoms with Crippen LogP contribution in [-0.4, -0.2) is 8.07 Å². The van der Waals surface area contributed by atoms with E-state index in [2.05, 4.69) is 68.2 Å². The molecule has 0 saturated heterocycles. The van der Waals surface area contributed by atoms with Crippen molar-refractivity contribution in [1.29, 1.82) is 0 Å². The fraction of sp³-hybridized carbons (Fsp3) is 0.462. The summed E-state index contributed by atoms with van der Waals surface area (Å²) < 4.78 is 0.329. The van der Waals surface area contributed by atoms with E-state index in [1.54, 1.807) is 0 Å². The molecule has 0 amide bonds. The van der Waals surface area contributed by atoms with Crippen molar-refractivity contribution >= 4 is 36.4 Å². The van der Waals surface area contributed by atoms with Gasteiger partial charge in [0, 0.05) is 0 Å². The van der Waals surface area contributed by atoms with Crippen molar-refractivity contribution in [2.45, 2.75) is 68.2 Å². The quantitative estimate of drug-likeness (QED) is 0.266. The van der Waals surface area contributed by atoms with E-state index in [0.717, 1.165) is 5.92 Å². The van der Waals surface area contributed by atoms with Gasteiger partial charge in [0.25, 0.3) is 0 Å². The fourth-order valence-electron chi connectivity index (χ4n) is 5.20. The van der Waals surface area contributed by atoms with Crippen LogP contribution < -0.4 is 5.19 Å². The van der Waals surface area contributed by atoms with Crippen molar-refractivity contribution < 1.29 is 19.4 Å². The van der Waals surface area contributed by atoms with Crippen LogP contribution in [0.15, 0.2) is 48.0 Å². The predicted octanol–water partition coefficient (Wildman–Crippen LogP) is 8.62. The third-order valence-electron chi connectivity index (χ3n) is 6.93. The number of fused-ring (bicyclic) bond motifs is 1. The Kier molecular flexibility index (Phi) is 7.51. The first kappa shape index (κ1) is 23.0. The molecule has 2 aromatic rings. The summed E-state index contributed by atoms with van der Waals surface area (Å²) in [6.45, 7) is 7.22. The van der Waals surface area contributed by atoms with Crippen LogP contribution >= 0.6 is 17.0 Å². The average molecular weight is 536 g/mol. The first-order valence-electron chi connectivity index (χ1n) is 11.5. The number of allylic oxidation sites excluding steroid dienone is 1. The first-order chi connectivity index (χ1) is 14.3. The topological polar surface area (TPSA) is 0 Å². The second-order valence-electron chi connectivity index (χ2n) is 10.1. The van der Waals surface area contributed by atoms with Crippen molar-refractivity contribution in [2.75, 3.05) is 0 Å². The SMILES string of the molecule is C[Si](C)(C)c1ccc(-c2cccc3c2C=C(CC2CCCCCC2)[CH]3[Zr]([Cl])[Cl])cc1. The van der Waals surface area contributed by atoms with Crippen LogP contribution in [0.3, 0.4) is 0 Å². The molecule has 2 aliphatic carbocycles. The van der Waals surface area contributed by atoms with Crippen LogP contribution in [0.2, 0.25) is 19.6 Å². The van der Waals surface area contributed by atoms with E-state index in [1.165, 1.54) is 78.0 Å². The van der Waals surface area contributed by atoms with E-state index in [9.17, 15) is 0 Å². The molecular formula is C26H33Cl2SiZr. The summed E-state index contributed by atoms with van der Waals surface area (Å²) in [5, 5.41) is 1.51. The van der Waals surface area contributed by atoms with Crippen LogP contribution in [0, 0.1) is 5.92 Å². The van der Waals surface area contributed by atoms with Gasteiger partial charge in [-0.3, -0.25) is 0 Å². The minimum atomic E-state index is -2.48. The summed E-state index contributed by atoms with van der Waals surface area (Å²) in [4.78, 5) is 0.